The number of aromatic hydroxyl groups is 1. The number of unbranched alkanes of at least 4 members (excludes halogenated alkanes) is 3. The van der Waals surface area contributed by atoms with Gasteiger partial charge in [0.05, 0.1) is 12.5 Å². The number of hydrogen-bond acceptors (Lipinski definition) is 7. The summed E-state index contributed by atoms with van der Waals surface area (Å²) in [5, 5.41) is 21.0. The number of esters is 1. The van der Waals surface area contributed by atoms with E-state index in [4.69, 9.17) is 4.74 Å². The zero-order valence-electron chi connectivity index (χ0n) is 25.3. The highest BCUT2D eigenvalue weighted by Crippen LogP contribution is 2.64. The van der Waals surface area contributed by atoms with E-state index in [0.717, 1.165) is 63.4 Å². The molecule has 0 amide bonds. The van der Waals surface area contributed by atoms with Crippen LogP contribution in [0.4, 0.5) is 0 Å². The zero-order valence-corrected chi connectivity index (χ0v) is 25.3. The van der Waals surface area contributed by atoms with Crippen LogP contribution in [0.1, 0.15) is 129 Å². The second kappa shape index (κ2) is 13.3. The molecule has 3 fully saturated rings. The second-order valence-electron chi connectivity index (χ2n) is 13.2. The van der Waals surface area contributed by atoms with Crippen LogP contribution in [0.2, 0.25) is 0 Å². The van der Waals surface area contributed by atoms with E-state index in [1.165, 1.54) is 0 Å². The molecule has 1 aromatic rings. The van der Waals surface area contributed by atoms with Crippen LogP contribution < -0.4 is 4.74 Å². The fraction of sp³-hybridized carbons (Fsp3) is 0.750. The smallest absolute Gasteiger partial charge is 0.314 e. The van der Waals surface area contributed by atoms with Gasteiger partial charge in [-0.05, 0) is 66.5 Å². The predicted molar refractivity (Wildman–Crippen MR) is 154 cm³/mol. The lowest BCUT2D eigenvalue weighted by atomic mass is 9.44. The first-order valence-corrected chi connectivity index (χ1v) is 15.2. The highest BCUT2D eigenvalue weighted by atomic mass is 16.9. The molecule has 3 aliphatic carbocycles. The molecule has 0 saturated heterocycles. The minimum atomic E-state index is -0.760. The molecule has 0 spiro atoms. The van der Waals surface area contributed by atoms with Crippen molar-refractivity contribution >= 4 is 11.8 Å². The third-order valence-corrected chi connectivity index (χ3v) is 9.62. The van der Waals surface area contributed by atoms with Gasteiger partial charge in [-0.2, -0.15) is 0 Å². The lowest BCUT2D eigenvalue weighted by Gasteiger charge is -2.59. The molecule has 40 heavy (non-hydrogen) atoms. The molecule has 224 valence electrons. The van der Waals surface area contributed by atoms with Crippen molar-refractivity contribution in [1.82, 2.24) is 0 Å². The van der Waals surface area contributed by atoms with Crippen molar-refractivity contribution in [2.75, 3.05) is 6.61 Å². The Kier molecular flexibility index (Phi) is 10.6. The molecule has 3 saturated carbocycles. The number of hydrogen-bond donors (Lipinski definition) is 1. The van der Waals surface area contributed by atoms with E-state index in [1.54, 1.807) is 6.07 Å². The Labute approximate surface area is 239 Å². The number of phenols is 1. The first-order valence-electron chi connectivity index (χ1n) is 15.2. The minimum absolute atomic E-state index is 0.0738. The molecular formula is C32H49NO7. The second-order valence-corrected chi connectivity index (χ2v) is 13.2. The Morgan fingerprint density at radius 2 is 1.80 bits per heavy atom. The standard InChI is InChI=1S/C32H49NO7/c1-7-13-21(14-8-2)30(36)40-28-18-22(31(3,4)15-11-9-10-12-16-39-33(37)38)17-27(35)29(28)23-19-26(34)25-20-24(23)32(25,5)6/h17-18,21,23-25,35H,7-16,19-20H2,1-6H3/t23-,24+,25-/m0/s1. The Bertz CT molecular complexity index is 1060. The minimum Gasteiger partial charge on any atom is -0.508 e. The van der Waals surface area contributed by atoms with Crippen LogP contribution in [-0.2, 0) is 19.8 Å². The van der Waals surface area contributed by atoms with Crippen LogP contribution in [0, 0.1) is 33.3 Å². The Morgan fingerprint density at radius 3 is 2.38 bits per heavy atom. The summed E-state index contributed by atoms with van der Waals surface area (Å²) < 4.78 is 6.16. The molecule has 8 heteroatoms. The lowest BCUT2D eigenvalue weighted by Crippen LogP contribution is -2.56. The van der Waals surface area contributed by atoms with Gasteiger partial charge in [-0.25, -0.2) is 0 Å². The molecule has 0 unspecified atom stereocenters. The average Bonchev–Trinajstić information content (AvgIpc) is 2.86. The van der Waals surface area contributed by atoms with Gasteiger partial charge in [-0.3, -0.25) is 9.59 Å². The summed E-state index contributed by atoms with van der Waals surface area (Å²) in [5.74, 6) is 0.431. The van der Waals surface area contributed by atoms with Crippen molar-refractivity contribution in [3.63, 3.8) is 0 Å². The third kappa shape index (κ3) is 7.16. The molecule has 0 aromatic heterocycles. The highest BCUT2D eigenvalue weighted by molar-refractivity contribution is 5.86. The monoisotopic (exact) mass is 559 g/mol. The van der Waals surface area contributed by atoms with Gasteiger partial charge >= 0.3 is 5.97 Å². The average molecular weight is 560 g/mol. The fourth-order valence-corrected chi connectivity index (χ4v) is 7.03. The van der Waals surface area contributed by atoms with Crippen molar-refractivity contribution in [1.29, 1.82) is 0 Å². The largest absolute Gasteiger partial charge is 0.508 e. The SMILES string of the molecule is CCCC(CCC)C(=O)Oc1cc(C(C)(C)CCCCCCO[N+](=O)[O-])cc(O)c1[C@H]1CC(=O)[C@@H]2C[C@H]1C2(C)C. The van der Waals surface area contributed by atoms with E-state index in [2.05, 4.69) is 46.4 Å². The number of carbonyl (C=O) groups excluding carboxylic acids is 2. The number of benzene rings is 1. The molecule has 1 N–H and O–H groups in total. The van der Waals surface area contributed by atoms with Crippen LogP contribution in [0.3, 0.4) is 0 Å². The number of phenolic OH excluding ortho intramolecular Hbond substituents is 1. The maximum atomic E-state index is 13.4. The van der Waals surface area contributed by atoms with E-state index in [1.807, 2.05) is 6.07 Å². The molecule has 4 rings (SSSR count). The molecule has 1 aromatic carbocycles. The van der Waals surface area contributed by atoms with Gasteiger partial charge in [0.2, 0.25) is 0 Å². The summed E-state index contributed by atoms with van der Waals surface area (Å²) >= 11 is 0. The van der Waals surface area contributed by atoms with E-state index in [9.17, 15) is 24.8 Å². The van der Waals surface area contributed by atoms with Crippen molar-refractivity contribution in [2.24, 2.45) is 23.2 Å². The van der Waals surface area contributed by atoms with E-state index in [-0.39, 0.29) is 58.6 Å². The molecule has 3 aliphatic rings. The van der Waals surface area contributed by atoms with Gasteiger partial charge in [0.25, 0.3) is 5.09 Å². The van der Waals surface area contributed by atoms with Crippen LogP contribution in [-0.4, -0.2) is 28.6 Å². The van der Waals surface area contributed by atoms with Crippen molar-refractivity contribution in [3.05, 3.63) is 33.4 Å². The van der Waals surface area contributed by atoms with Crippen LogP contribution in [0.25, 0.3) is 0 Å². The van der Waals surface area contributed by atoms with Crippen LogP contribution in [0.5, 0.6) is 11.5 Å². The van der Waals surface area contributed by atoms with Crippen molar-refractivity contribution in [3.8, 4) is 11.5 Å². The van der Waals surface area contributed by atoms with E-state index in [0.29, 0.717) is 24.2 Å². The van der Waals surface area contributed by atoms with Gasteiger partial charge in [0.15, 0.2) is 0 Å². The maximum absolute atomic E-state index is 13.4. The van der Waals surface area contributed by atoms with Crippen LogP contribution in [0.15, 0.2) is 12.1 Å². The summed E-state index contributed by atoms with van der Waals surface area (Å²) in [5.41, 5.74) is 1.06. The number of Topliss-reactive ketones (excluding diaryl/α,β-unsaturated/α-hetero) is 1. The topological polar surface area (TPSA) is 116 Å². The molecule has 8 nitrogen and oxygen atoms in total. The molecule has 2 bridgehead atoms. The third-order valence-electron chi connectivity index (χ3n) is 9.62. The number of carbonyl (C=O) groups is 2. The number of ketones is 1. The molecule has 0 radical (unpaired) electrons. The Balaban J connectivity index is 1.87. The van der Waals surface area contributed by atoms with Gasteiger partial charge in [-0.15, -0.1) is 10.1 Å². The van der Waals surface area contributed by atoms with Gasteiger partial charge < -0.3 is 14.7 Å². The summed E-state index contributed by atoms with van der Waals surface area (Å²) in [6, 6.07) is 3.73. The highest BCUT2D eigenvalue weighted by Gasteiger charge is 2.59. The number of nitrogens with zero attached hydrogens (tertiary/aromatic N) is 1. The zero-order chi connectivity index (χ0) is 29.7. The Hall–Kier alpha value is -2.64. The van der Waals surface area contributed by atoms with Crippen molar-refractivity contribution in [2.45, 2.75) is 124 Å². The van der Waals surface area contributed by atoms with Gasteiger partial charge in [0.1, 0.15) is 17.3 Å². The first-order chi connectivity index (χ1) is 18.8. The normalized spacial score (nSPS) is 21.7. The fourth-order valence-electron chi connectivity index (χ4n) is 7.03. The maximum Gasteiger partial charge on any atom is 0.314 e. The summed E-state index contributed by atoms with van der Waals surface area (Å²) in [6.45, 7) is 12.7. The molecule has 0 aliphatic heterocycles. The van der Waals surface area contributed by atoms with E-state index < -0.39 is 5.09 Å². The molecule has 3 atom stereocenters. The van der Waals surface area contributed by atoms with Gasteiger partial charge in [-0.1, -0.05) is 73.6 Å². The van der Waals surface area contributed by atoms with Crippen LogP contribution >= 0.6 is 0 Å². The quantitative estimate of drug-likeness (QED) is 0.0726. The lowest BCUT2D eigenvalue weighted by molar-refractivity contribution is -0.757. The summed E-state index contributed by atoms with van der Waals surface area (Å²) in [7, 11) is 0. The predicted octanol–water partition coefficient (Wildman–Crippen LogP) is 7.67. The first kappa shape index (κ1) is 31.9. The molecular weight excluding hydrogens is 510 g/mol. The number of ether oxygens (including phenoxy) is 1. The number of fused-ring (bicyclic) bond motifs is 2. The number of rotatable bonds is 16. The summed E-state index contributed by atoms with van der Waals surface area (Å²) in [6.07, 6.45) is 8.59. The van der Waals surface area contributed by atoms with Gasteiger partial charge in [0, 0.05) is 23.8 Å². The molecule has 0 heterocycles. The van der Waals surface area contributed by atoms with Crippen molar-refractivity contribution < 1.29 is 29.4 Å². The Morgan fingerprint density at radius 1 is 1.15 bits per heavy atom. The summed E-state index contributed by atoms with van der Waals surface area (Å²) in [4.78, 5) is 41.1. The van der Waals surface area contributed by atoms with E-state index >= 15 is 0 Å².